The van der Waals surface area contributed by atoms with Gasteiger partial charge >= 0.3 is 0 Å². The zero-order valence-corrected chi connectivity index (χ0v) is 31.2. The van der Waals surface area contributed by atoms with Crippen molar-refractivity contribution in [1.29, 1.82) is 0 Å². The molecule has 3 aliphatic rings. The highest BCUT2D eigenvalue weighted by atomic mass is 32.2. The van der Waals surface area contributed by atoms with E-state index in [-0.39, 0.29) is 0 Å². The molecule has 0 radical (unpaired) electrons. The minimum absolute atomic E-state index is 0.990. The summed E-state index contributed by atoms with van der Waals surface area (Å²) < 4.78 is 6.99. The van der Waals surface area contributed by atoms with Crippen LogP contribution in [-0.4, -0.2) is 16.1 Å². The van der Waals surface area contributed by atoms with E-state index in [2.05, 4.69) is 158 Å². The van der Waals surface area contributed by atoms with Gasteiger partial charge in [0.05, 0.1) is 22.0 Å². The predicted molar refractivity (Wildman–Crippen MR) is 206 cm³/mol. The first kappa shape index (κ1) is 29.5. The van der Waals surface area contributed by atoms with Gasteiger partial charge in [0.1, 0.15) is 21.9 Å². The molecule has 3 aliphatic heterocycles. The van der Waals surface area contributed by atoms with Crippen molar-refractivity contribution in [3.63, 3.8) is 0 Å². The van der Waals surface area contributed by atoms with Gasteiger partial charge in [-0.3, -0.25) is 0 Å². The highest BCUT2D eigenvalue weighted by Crippen LogP contribution is 2.56. The summed E-state index contributed by atoms with van der Waals surface area (Å²) >= 11 is 5.69. The van der Waals surface area contributed by atoms with Gasteiger partial charge in [-0.25, -0.2) is 0 Å². The molecule has 0 unspecified atom stereocenters. The van der Waals surface area contributed by atoms with Crippen molar-refractivity contribution in [3.05, 3.63) is 127 Å². The molecule has 0 N–H and O–H groups in total. The Balaban J connectivity index is 1.32. The lowest BCUT2D eigenvalue weighted by molar-refractivity contribution is 0.487. The Morgan fingerprint density at radius 2 is 0.936 bits per heavy atom. The van der Waals surface area contributed by atoms with E-state index in [0.29, 0.717) is 0 Å². The summed E-state index contributed by atoms with van der Waals surface area (Å²) in [4.78, 5) is 10.5. The molecule has 6 aromatic carbocycles. The van der Waals surface area contributed by atoms with Crippen molar-refractivity contribution in [2.75, 3.05) is 4.90 Å². The lowest BCUT2D eigenvalue weighted by Gasteiger charge is -2.39. The fourth-order valence-electron chi connectivity index (χ4n) is 7.35. The number of hydrogen-bond donors (Lipinski definition) is 0. The van der Waals surface area contributed by atoms with Crippen LogP contribution in [0.15, 0.2) is 157 Å². The summed E-state index contributed by atoms with van der Waals surface area (Å²) in [6.07, 6.45) is 0. The lowest BCUT2D eigenvalue weighted by Crippen LogP contribution is -2.56. The quantitative estimate of drug-likeness (QED) is 0.170. The number of benzene rings is 6. The standard InChI is InChI=1S/C40H33NOS3Si2/c1-46(2)34-22-9-5-17-29(34)42-38-26(14-12-24-36(38)46)41(27-15-11-21-33-39(27)44-31-19-7-6-18-30(31)43-33)28-16-13-25-37-40(28)45-32-20-8-10-23-35(32)47(37,3)4/h5-25H,1-4H3. The highest BCUT2D eigenvalue weighted by Gasteiger charge is 2.41. The van der Waals surface area contributed by atoms with Crippen molar-refractivity contribution in [2.24, 2.45) is 0 Å². The Morgan fingerprint density at radius 1 is 0.426 bits per heavy atom. The molecule has 0 aromatic heterocycles. The van der Waals surface area contributed by atoms with Crippen LogP contribution in [-0.2, 0) is 0 Å². The number of hydrogen-bond acceptors (Lipinski definition) is 5. The van der Waals surface area contributed by atoms with E-state index in [9.17, 15) is 0 Å². The number of ether oxygens (including phenoxy) is 1. The van der Waals surface area contributed by atoms with E-state index in [0.717, 1.165) is 17.2 Å². The van der Waals surface area contributed by atoms with Crippen molar-refractivity contribution >= 4 is 89.2 Å². The van der Waals surface area contributed by atoms with E-state index < -0.39 is 16.1 Å². The second-order valence-electron chi connectivity index (χ2n) is 13.3. The molecule has 0 fully saturated rings. The third-order valence-corrected chi connectivity index (χ3v) is 21.1. The summed E-state index contributed by atoms with van der Waals surface area (Å²) in [5.74, 6) is 1.98. The number of fused-ring (bicyclic) bond motifs is 6. The highest BCUT2D eigenvalue weighted by molar-refractivity contribution is 8.05. The molecule has 6 aromatic rings. The van der Waals surface area contributed by atoms with Crippen molar-refractivity contribution in [1.82, 2.24) is 0 Å². The molecule has 3 heterocycles. The molecule has 230 valence electrons. The maximum absolute atomic E-state index is 6.99. The Kier molecular flexibility index (Phi) is 6.89. The van der Waals surface area contributed by atoms with Crippen LogP contribution in [0.5, 0.6) is 11.5 Å². The van der Waals surface area contributed by atoms with Gasteiger partial charge in [0.15, 0.2) is 5.75 Å². The zero-order chi connectivity index (χ0) is 31.9. The largest absolute Gasteiger partial charge is 0.455 e. The maximum atomic E-state index is 6.99. The SMILES string of the molecule is C[Si]1(C)c2ccccc2Oc2c(N(c3cccc4c3Sc3ccccc3S4)c3cccc4c3Sc3ccccc3[Si]4(C)C)cccc21. The van der Waals surface area contributed by atoms with Crippen LogP contribution in [0.25, 0.3) is 0 Å². The van der Waals surface area contributed by atoms with Crippen molar-refractivity contribution < 1.29 is 4.74 Å². The molecule has 0 spiro atoms. The summed E-state index contributed by atoms with van der Waals surface area (Å²) in [6, 6.07) is 47.1. The second-order valence-corrected chi connectivity index (χ2v) is 25.2. The fourth-order valence-corrected chi connectivity index (χ4v) is 18.1. The van der Waals surface area contributed by atoms with E-state index in [1.807, 2.05) is 35.3 Å². The van der Waals surface area contributed by atoms with Gasteiger partial charge in [-0.15, -0.1) is 0 Å². The Bertz CT molecular complexity index is 2140. The molecule has 0 saturated heterocycles. The summed E-state index contributed by atoms with van der Waals surface area (Å²) in [7, 11) is -4.01. The molecular formula is C40H33NOS3Si2. The Morgan fingerprint density at radius 3 is 1.72 bits per heavy atom. The predicted octanol–water partition coefficient (Wildman–Crippen LogP) is 9.99. The summed E-state index contributed by atoms with van der Waals surface area (Å²) in [5.41, 5.74) is 3.51. The molecule has 47 heavy (non-hydrogen) atoms. The van der Waals surface area contributed by atoms with Crippen LogP contribution in [0.1, 0.15) is 0 Å². The number of nitrogens with zero attached hydrogens (tertiary/aromatic N) is 1. The van der Waals surface area contributed by atoms with Crippen LogP contribution >= 0.6 is 35.3 Å². The van der Waals surface area contributed by atoms with Crippen molar-refractivity contribution in [3.8, 4) is 11.5 Å². The first-order valence-electron chi connectivity index (χ1n) is 16.0. The molecule has 0 aliphatic carbocycles. The van der Waals surface area contributed by atoms with Gasteiger partial charge in [-0.2, -0.15) is 0 Å². The van der Waals surface area contributed by atoms with Crippen LogP contribution in [0.3, 0.4) is 0 Å². The number of anilines is 3. The van der Waals surface area contributed by atoms with Crippen LogP contribution in [0, 0.1) is 0 Å². The van der Waals surface area contributed by atoms with Gasteiger partial charge in [0, 0.05) is 24.5 Å². The third-order valence-electron chi connectivity index (χ3n) is 9.84. The first-order valence-corrected chi connectivity index (χ1v) is 24.5. The molecular weight excluding hydrogens is 663 g/mol. The third kappa shape index (κ3) is 4.55. The average Bonchev–Trinajstić information content (AvgIpc) is 3.08. The number of para-hydroxylation sites is 2. The fraction of sp³-hybridized carbons (Fsp3) is 0.100. The summed E-state index contributed by atoms with van der Waals surface area (Å²) in [6.45, 7) is 9.93. The average molecular weight is 696 g/mol. The Hall–Kier alpha value is -3.60. The minimum Gasteiger partial charge on any atom is -0.455 e. The van der Waals surface area contributed by atoms with Gasteiger partial charge in [-0.1, -0.05) is 140 Å². The topological polar surface area (TPSA) is 12.5 Å². The molecule has 0 amide bonds. The van der Waals surface area contributed by atoms with Crippen LogP contribution in [0.2, 0.25) is 26.2 Å². The molecule has 9 rings (SSSR count). The molecule has 0 atom stereocenters. The Labute approximate surface area is 291 Å². The summed E-state index contributed by atoms with van der Waals surface area (Å²) in [5, 5.41) is 5.71. The zero-order valence-electron chi connectivity index (χ0n) is 26.7. The van der Waals surface area contributed by atoms with E-state index >= 15 is 0 Å². The monoisotopic (exact) mass is 695 g/mol. The molecule has 7 heteroatoms. The van der Waals surface area contributed by atoms with Gasteiger partial charge in [0.25, 0.3) is 0 Å². The van der Waals surface area contributed by atoms with Crippen molar-refractivity contribution in [2.45, 2.75) is 55.6 Å². The minimum atomic E-state index is -2.05. The smallest absolute Gasteiger partial charge is 0.151 e. The van der Waals surface area contributed by atoms with Gasteiger partial charge in [-0.05, 0) is 69.3 Å². The van der Waals surface area contributed by atoms with Crippen LogP contribution in [0.4, 0.5) is 17.1 Å². The molecule has 0 bridgehead atoms. The van der Waals surface area contributed by atoms with E-state index in [1.54, 1.807) is 0 Å². The first-order chi connectivity index (χ1) is 22.8. The maximum Gasteiger partial charge on any atom is 0.151 e. The normalized spacial score (nSPS) is 15.9. The van der Waals surface area contributed by atoms with E-state index in [4.69, 9.17) is 4.74 Å². The van der Waals surface area contributed by atoms with Gasteiger partial charge < -0.3 is 9.64 Å². The van der Waals surface area contributed by atoms with Gasteiger partial charge in [0.2, 0.25) is 0 Å². The lowest BCUT2D eigenvalue weighted by atomic mass is 10.1. The van der Waals surface area contributed by atoms with E-state index in [1.165, 1.54) is 61.5 Å². The second kappa shape index (κ2) is 11.0. The van der Waals surface area contributed by atoms with Crippen LogP contribution < -0.4 is 30.4 Å². The molecule has 0 saturated carbocycles. The number of rotatable bonds is 3. The molecule has 2 nitrogen and oxygen atoms in total.